The van der Waals surface area contributed by atoms with Gasteiger partial charge in [0.2, 0.25) is 29.2 Å². The maximum Gasteiger partial charge on any atom is 0.413 e. The van der Waals surface area contributed by atoms with Crippen molar-refractivity contribution >= 4 is 111 Å². The Labute approximate surface area is 390 Å². The summed E-state index contributed by atoms with van der Waals surface area (Å²) in [5.74, 6) is 0.225. The van der Waals surface area contributed by atoms with Crippen LogP contribution in [-0.4, -0.2) is 79.4 Å². The summed E-state index contributed by atoms with van der Waals surface area (Å²) in [6, 6.07) is 12.7. The quantitative estimate of drug-likeness (QED) is 0.0236. The highest BCUT2D eigenvalue weighted by Crippen LogP contribution is 2.41. The number of imide groups is 1. The smallest absolute Gasteiger partial charge is 0.413 e. The Morgan fingerprint density at radius 3 is 1.67 bits per heavy atom. The second-order valence-corrected chi connectivity index (χ2v) is 14.6. The van der Waals surface area contributed by atoms with E-state index in [2.05, 4.69) is 30.0 Å². The van der Waals surface area contributed by atoms with Gasteiger partial charge in [0.25, 0.3) is 0 Å². The van der Waals surface area contributed by atoms with E-state index in [-0.39, 0.29) is 47.0 Å². The number of esters is 1. The highest BCUT2D eigenvalue weighted by Gasteiger charge is 2.18. The lowest BCUT2D eigenvalue weighted by Crippen LogP contribution is -2.30. The van der Waals surface area contributed by atoms with Crippen LogP contribution in [-0.2, 0) is 23.9 Å². The molecule has 0 bridgehead atoms. The highest BCUT2D eigenvalue weighted by molar-refractivity contribution is 7.99. The van der Waals surface area contributed by atoms with Gasteiger partial charge in [-0.05, 0) is 50.6 Å². The SMILES string of the molecule is CCOC(=O)CC(=O)/C(C#N)=N\Nc1cc(Cl)c(Oc2cc(SC)c(OC)cn2)c(Cl)c1.CCOC(=O)NC(=O)CC#N.COc1cnc(Oc2c(Cl)cc(N)cc2Cl)cc1SC. The number of methoxy groups -OCH3 is 2. The minimum Gasteiger partial charge on any atom is -0.494 e. The Bertz CT molecular complexity index is 2340. The lowest BCUT2D eigenvalue weighted by atomic mass is 10.2. The number of pyridine rings is 2. The number of nitrogen functional groups attached to an aromatic ring is 1. The number of nitrogens with zero attached hydrogens (tertiary/aromatic N) is 5. The highest BCUT2D eigenvalue weighted by atomic mass is 35.5. The number of nitriles is 2. The molecule has 0 radical (unpaired) electrons. The number of carbonyl (C=O) groups is 4. The molecule has 0 aliphatic heterocycles. The second kappa shape index (κ2) is 27.9. The molecule has 0 aliphatic rings. The zero-order valence-corrected chi connectivity index (χ0v) is 38.8. The van der Waals surface area contributed by atoms with Crippen LogP contribution in [0.25, 0.3) is 0 Å². The second-order valence-electron chi connectivity index (χ2n) is 11.2. The molecule has 0 aliphatic carbocycles. The van der Waals surface area contributed by atoms with Crippen LogP contribution < -0.4 is 35.4 Å². The molecule has 0 unspecified atom stereocenters. The van der Waals surface area contributed by atoms with Crippen LogP contribution in [0.1, 0.15) is 26.7 Å². The van der Waals surface area contributed by atoms with E-state index < -0.39 is 35.9 Å². The summed E-state index contributed by atoms with van der Waals surface area (Å²) < 4.78 is 30.8. The van der Waals surface area contributed by atoms with Gasteiger partial charge in [0, 0.05) is 17.8 Å². The van der Waals surface area contributed by atoms with Crippen LogP contribution in [0, 0.1) is 22.7 Å². The van der Waals surface area contributed by atoms with Gasteiger partial charge in [-0.3, -0.25) is 25.1 Å². The number of hydrogen-bond acceptors (Lipinski definition) is 19. The van der Waals surface area contributed by atoms with Crippen molar-refractivity contribution in [2.45, 2.75) is 36.5 Å². The van der Waals surface area contributed by atoms with Crippen molar-refractivity contribution in [3.8, 4) is 46.9 Å². The number of anilines is 2. The number of hydrogen-bond donors (Lipinski definition) is 3. The van der Waals surface area contributed by atoms with Gasteiger partial charge >= 0.3 is 12.1 Å². The Morgan fingerprint density at radius 2 is 1.25 bits per heavy atom. The average molecular weight is 985 g/mol. The number of hydrazone groups is 1. The molecule has 2 aromatic heterocycles. The number of alkyl carbamates (subject to hydrolysis) is 1. The van der Waals surface area contributed by atoms with Crippen LogP contribution >= 0.6 is 69.9 Å². The minimum atomic E-state index is -0.812. The molecule has 4 rings (SSSR count). The number of thioether (sulfide) groups is 2. The number of benzene rings is 2. The molecule has 0 spiro atoms. The Kier molecular flexibility index (Phi) is 23.6. The van der Waals surface area contributed by atoms with Gasteiger partial charge in [0.15, 0.2) is 23.0 Å². The van der Waals surface area contributed by atoms with Crippen LogP contribution in [0.4, 0.5) is 16.2 Å². The van der Waals surface area contributed by atoms with E-state index in [9.17, 15) is 19.2 Å². The van der Waals surface area contributed by atoms with Crippen molar-refractivity contribution in [3.05, 3.63) is 68.9 Å². The number of Topliss-reactive ketones (excluding diaryl/α,β-unsaturated/α-hetero) is 1. The first-order chi connectivity index (χ1) is 30.1. The molecule has 24 heteroatoms. The fourth-order valence-electron chi connectivity index (χ4n) is 4.25. The summed E-state index contributed by atoms with van der Waals surface area (Å²) in [5, 5.41) is 23.7. The third-order valence-corrected chi connectivity index (χ3v) is 9.60. The normalized spacial score (nSPS) is 10.2. The molecule has 0 atom stereocenters. The van der Waals surface area contributed by atoms with E-state index in [1.807, 2.05) is 17.8 Å². The Morgan fingerprint density at radius 1 is 0.778 bits per heavy atom. The monoisotopic (exact) mass is 982 g/mol. The van der Waals surface area contributed by atoms with Gasteiger partial charge in [-0.1, -0.05) is 46.4 Å². The maximum atomic E-state index is 12.0. The first-order valence-corrected chi connectivity index (χ1v) is 21.6. The van der Waals surface area contributed by atoms with Crippen molar-refractivity contribution in [1.29, 1.82) is 10.5 Å². The standard InChI is InChI=1S/C20H18Cl2N4O5S.C13H12Cl2N2O2S.C6H8N2O3/c1-4-30-19(28)7-15(27)14(9-23)26-25-11-5-12(21)20(13(22)6-11)31-18-8-17(32-3)16(29-2)10-24-18;1-18-10-6-17-12(5-11(10)20-2)19-13-8(14)3-7(16)4-9(13)15;1-2-11-6(10)8-5(9)3-4-7/h5-6,8,10,25H,4,7H2,1-3H3;3-6H,16H2,1-2H3;2-3H2,1H3,(H,8,9,10)/b26-14-;;. The third-order valence-electron chi connectivity index (χ3n) is 6.96. The molecule has 0 saturated heterocycles. The fraction of sp³-hybridized carbons (Fsp3) is 0.256. The van der Waals surface area contributed by atoms with E-state index in [0.717, 1.165) is 9.79 Å². The van der Waals surface area contributed by atoms with Crippen molar-refractivity contribution in [2.24, 2.45) is 5.10 Å². The number of aromatic nitrogens is 2. The molecule has 4 aromatic rings. The summed E-state index contributed by atoms with van der Waals surface area (Å²) in [7, 11) is 3.13. The lowest BCUT2D eigenvalue weighted by Gasteiger charge is -2.12. The number of ether oxygens (including phenoxy) is 6. The van der Waals surface area contributed by atoms with E-state index in [1.165, 1.54) is 41.9 Å². The van der Waals surface area contributed by atoms with Gasteiger partial charge in [-0.2, -0.15) is 15.6 Å². The number of amides is 2. The molecule has 63 heavy (non-hydrogen) atoms. The van der Waals surface area contributed by atoms with Crippen molar-refractivity contribution in [1.82, 2.24) is 15.3 Å². The summed E-state index contributed by atoms with van der Waals surface area (Å²) >= 11 is 27.7. The Hall–Kier alpha value is -5.87. The molecule has 2 heterocycles. The van der Waals surface area contributed by atoms with E-state index in [1.54, 1.807) is 70.7 Å². The van der Waals surface area contributed by atoms with E-state index >= 15 is 0 Å². The number of rotatable bonds is 16. The summed E-state index contributed by atoms with van der Waals surface area (Å²) in [6.07, 6.45) is 5.18. The number of carbonyl (C=O) groups excluding carboxylic acids is 4. The third kappa shape index (κ3) is 17.8. The van der Waals surface area contributed by atoms with Crippen molar-refractivity contribution in [2.75, 3.05) is 51.1 Å². The molecule has 4 N–H and O–H groups in total. The molecule has 2 aromatic carbocycles. The van der Waals surface area contributed by atoms with Crippen molar-refractivity contribution < 1.29 is 47.6 Å². The van der Waals surface area contributed by atoms with Crippen LogP contribution in [0.5, 0.6) is 34.8 Å². The summed E-state index contributed by atoms with van der Waals surface area (Å²) in [4.78, 5) is 54.4. The molecule has 0 saturated carbocycles. The Balaban J connectivity index is 0.000000372. The van der Waals surface area contributed by atoms with Crippen molar-refractivity contribution in [3.63, 3.8) is 0 Å². The minimum absolute atomic E-state index is 0.124. The van der Waals surface area contributed by atoms with Crippen LogP contribution in [0.15, 0.2) is 63.7 Å². The largest absolute Gasteiger partial charge is 0.494 e. The molecule has 18 nitrogen and oxygen atoms in total. The zero-order valence-electron chi connectivity index (χ0n) is 34.2. The average Bonchev–Trinajstić information content (AvgIpc) is 3.24. The predicted molar refractivity (Wildman–Crippen MR) is 241 cm³/mol. The fourth-order valence-corrected chi connectivity index (χ4v) is 6.51. The number of halogens is 4. The summed E-state index contributed by atoms with van der Waals surface area (Å²) in [6.45, 7) is 3.55. The van der Waals surface area contributed by atoms with E-state index in [0.29, 0.717) is 38.9 Å². The molecular formula is C39H38Cl4N8O10S2. The van der Waals surface area contributed by atoms with Gasteiger partial charge < -0.3 is 34.2 Å². The van der Waals surface area contributed by atoms with E-state index in [4.69, 9.17) is 81.6 Å². The first kappa shape index (κ1) is 53.3. The zero-order chi connectivity index (χ0) is 47.1. The van der Waals surface area contributed by atoms with Gasteiger partial charge in [0.05, 0.1) is 81.5 Å². The molecule has 0 fully saturated rings. The molecule has 2 amide bonds. The van der Waals surface area contributed by atoms with Crippen LogP contribution in [0.2, 0.25) is 20.1 Å². The van der Waals surface area contributed by atoms with Gasteiger partial charge in [-0.15, -0.1) is 23.5 Å². The lowest BCUT2D eigenvalue weighted by molar-refractivity contribution is -0.144. The predicted octanol–water partition coefficient (Wildman–Crippen LogP) is 9.39. The topological polar surface area (TPSA) is 259 Å². The number of nitrogens with one attached hydrogen (secondary N) is 2. The van der Waals surface area contributed by atoms with Gasteiger partial charge in [-0.25, -0.2) is 14.8 Å². The molecule has 334 valence electrons. The number of ketones is 1. The number of nitrogens with two attached hydrogens (primary N) is 1. The van der Waals surface area contributed by atoms with Crippen LogP contribution in [0.3, 0.4) is 0 Å². The first-order valence-electron chi connectivity index (χ1n) is 17.6. The van der Waals surface area contributed by atoms with Gasteiger partial charge in [0.1, 0.15) is 18.9 Å². The molecular weight excluding hydrogens is 946 g/mol. The summed E-state index contributed by atoms with van der Waals surface area (Å²) in [5.41, 5.74) is 8.42. The maximum absolute atomic E-state index is 12.0.